The Bertz CT molecular complexity index is 992. The molecule has 8 heteroatoms. The lowest BCUT2D eigenvalue weighted by molar-refractivity contribution is -0.121. The number of halogens is 2. The maximum Gasteiger partial charge on any atom is 0.228 e. The van der Waals surface area contributed by atoms with Crippen LogP contribution in [0.25, 0.3) is 5.69 Å². The van der Waals surface area contributed by atoms with Gasteiger partial charge in [0.15, 0.2) is 5.82 Å². The van der Waals surface area contributed by atoms with Crippen LogP contribution in [0.3, 0.4) is 0 Å². The minimum Gasteiger partial charge on any atom is -0.326 e. The van der Waals surface area contributed by atoms with Crippen LogP contribution in [0.15, 0.2) is 55.1 Å². The monoisotopic (exact) mass is 397 g/mol. The van der Waals surface area contributed by atoms with E-state index in [9.17, 15) is 13.6 Å². The van der Waals surface area contributed by atoms with Crippen LogP contribution < -0.4 is 5.32 Å². The van der Waals surface area contributed by atoms with Gasteiger partial charge in [-0.05, 0) is 55.3 Å². The Morgan fingerprint density at radius 3 is 2.86 bits per heavy atom. The number of hydrogen-bond donors (Lipinski definition) is 1. The number of nitrogens with one attached hydrogen (secondary N) is 1. The summed E-state index contributed by atoms with van der Waals surface area (Å²) < 4.78 is 29.1. The van der Waals surface area contributed by atoms with E-state index >= 15 is 0 Å². The van der Waals surface area contributed by atoms with Crippen molar-refractivity contribution in [1.29, 1.82) is 0 Å². The highest BCUT2D eigenvalue weighted by Crippen LogP contribution is 2.22. The summed E-state index contributed by atoms with van der Waals surface area (Å²) in [4.78, 5) is 18.6. The van der Waals surface area contributed by atoms with Crippen molar-refractivity contribution in [3.8, 4) is 5.69 Å². The van der Waals surface area contributed by atoms with Gasteiger partial charge >= 0.3 is 0 Å². The fourth-order valence-corrected chi connectivity index (χ4v) is 3.65. The number of nitrogens with zero attached hydrogens (tertiary/aromatic N) is 4. The minimum atomic E-state index is -0.496. The van der Waals surface area contributed by atoms with E-state index in [-0.39, 0.29) is 23.3 Å². The molecule has 1 aliphatic heterocycles. The van der Waals surface area contributed by atoms with Gasteiger partial charge in [0.05, 0.1) is 5.92 Å². The number of carbonyl (C=O) groups excluding carboxylic acids is 1. The fraction of sp³-hybridized carbons (Fsp3) is 0.286. The van der Waals surface area contributed by atoms with Crippen LogP contribution in [0.1, 0.15) is 18.4 Å². The van der Waals surface area contributed by atoms with Crippen molar-refractivity contribution in [2.45, 2.75) is 19.4 Å². The largest absolute Gasteiger partial charge is 0.326 e. The van der Waals surface area contributed by atoms with E-state index in [1.807, 2.05) is 6.07 Å². The molecule has 1 atom stereocenters. The number of rotatable bonds is 5. The van der Waals surface area contributed by atoms with Crippen LogP contribution in [0, 0.1) is 17.6 Å². The highest BCUT2D eigenvalue weighted by molar-refractivity contribution is 5.92. The normalized spacial score (nSPS) is 17.2. The van der Waals surface area contributed by atoms with Gasteiger partial charge in [0.1, 0.15) is 24.2 Å². The Kier molecular flexibility index (Phi) is 5.62. The smallest absolute Gasteiger partial charge is 0.228 e. The van der Waals surface area contributed by atoms with Crippen molar-refractivity contribution in [2.24, 2.45) is 5.92 Å². The summed E-state index contributed by atoms with van der Waals surface area (Å²) in [5.74, 6) is -1.09. The van der Waals surface area contributed by atoms with Crippen LogP contribution in [0.2, 0.25) is 0 Å². The zero-order valence-corrected chi connectivity index (χ0v) is 15.8. The predicted molar refractivity (Wildman–Crippen MR) is 104 cm³/mol. The molecule has 1 aromatic heterocycles. The third-order valence-corrected chi connectivity index (χ3v) is 5.05. The van der Waals surface area contributed by atoms with Gasteiger partial charge in [0, 0.05) is 18.8 Å². The number of carbonyl (C=O) groups is 1. The van der Waals surface area contributed by atoms with Crippen molar-refractivity contribution in [2.75, 3.05) is 18.4 Å². The first-order valence-corrected chi connectivity index (χ1v) is 9.51. The van der Waals surface area contributed by atoms with E-state index < -0.39 is 5.82 Å². The number of benzene rings is 2. The summed E-state index contributed by atoms with van der Waals surface area (Å²) in [6, 6.07) is 11.0. The van der Waals surface area contributed by atoms with E-state index in [1.165, 1.54) is 35.5 Å². The molecule has 0 radical (unpaired) electrons. The lowest BCUT2D eigenvalue weighted by atomic mass is 9.96. The lowest BCUT2D eigenvalue weighted by Crippen LogP contribution is -2.40. The third kappa shape index (κ3) is 4.65. The van der Waals surface area contributed by atoms with E-state index in [1.54, 1.807) is 18.2 Å². The average Bonchev–Trinajstić information content (AvgIpc) is 3.23. The van der Waals surface area contributed by atoms with E-state index in [0.29, 0.717) is 18.8 Å². The van der Waals surface area contributed by atoms with Crippen molar-refractivity contribution >= 4 is 11.6 Å². The average molecular weight is 397 g/mol. The maximum atomic E-state index is 14.4. The van der Waals surface area contributed by atoms with Crippen molar-refractivity contribution in [1.82, 2.24) is 19.7 Å². The molecular weight excluding hydrogens is 376 g/mol. The topological polar surface area (TPSA) is 63.1 Å². The van der Waals surface area contributed by atoms with E-state index in [2.05, 4.69) is 20.3 Å². The van der Waals surface area contributed by atoms with Gasteiger partial charge in [0.2, 0.25) is 5.91 Å². The number of piperidine rings is 1. The molecular formula is C21H21F2N5O. The molecule has 1 fully saturated rings. The van der Waals surface area contributed by atoms with E-state index in [0.717, 1.165) is 24.9 Å². The Morgan fingerprint density at radius 1 is 1.21 bits per heavy atom. The molecule has 3 aromatic rings. The Hall–Kier alpha value is -3.13. The van der Waals surface area contributed by atoms with E-state index in [4.69, 9.17) is 0 Å². The van der Waals surface area contributed by atoms with Gasteiger partial charge in [-0.15, -0.1) is 0 Å². The Balaban J connectivity index is 1.38. The first-order valence-electron chi connectivity index (χ1n) is 9.51. The van der Waals surface area contributed by atoms with Crippen LogP contribution in [0.5, 0.6) is 0 Å². The molecule has 1 N–H and O–H groups in total. The summed E-state index contributed by atoms with van der Waals surface area (Å²) in [5, 5.41) is 6.72. The fourth-order valence-electron chi connectivity index (χ4n) is 3.65. The van der Waals surface area contributed by atoms with Crippen LogP contribution >= 0.6 is 0 Å². The number of anilines is 1. The van der Waals surface area contributed by atoms with Crippen LogP contribution in [-0.2, 0) is 11.3 Å². The Morgan fingerprint density at radius 2 is 2.10 bits per heavy atom. The zero-order valence-electron chi connectivity index (χ0n) is 15.8. The molecule has 0 bridgehead atoms. The molecule has 4 rings (SSSR count). The molecule has 29 heavy (non-hydrogen) atoms. The molecule has 0 spiro atoms. The second-order valence-corrected chi connectivity index (χ2v) is 7.20. The zero-order chi connectivity index (χ0) is 20.2. The van der Waals surface area contributed by atoms with Gasteiger partial charge in [-0.2, -0.15) is 5.10 Å². The summed E-state index contributed by atoms with van der Waals surface area (Å²) in [5.41, 5.74) is 1.55. The van der Waals surface area contributed by atoms with Gasteiger partial charge in [-0.3, -0.25) is 9.69 Å². The highest BCUT2D eigenvalue weighted by Gasteiger charge is 2.26. The van der Waals surface area contributed by atoms with Gasteiger partial charge < -0.3 is 5.32 Å². The minimum absolute atomic E-state index is 0.137. The first kappa shape index (κ1) is 19.2. The number of aromatic nitrogens is 3. The van der Waals surface area contributed by atoms with Crippen LogP contribution in [-0.4, -0.2) is 38.7 Å². The summed E-state index contributed by atoms with van der Waals surface area (Å²) in [6.07, 6.45) is 4.39. The van der Waals surface area contributed by atoms with Crippen molar-refractivity contribution in [3.05, 3.63) is 72.3 Å². The second-order valence-electron chi connectivity index (χ2n) is 7.20. The Labute approximate surface area is 167 Å². The molecule has 150 valence electrons. The maximum absolute atomic E-state index is 14.4. The molecule has 0 aliphatic carbocycles. The summed E-state index contributed by atoms with van der Waals surface area (Å²) in [7, 11) is 0. The molecule has 2 aromatic carbocycles. The number of likely N-dealkylation sites (tertiary alicyclic amines) is 1. The molecule has 0 saturated carbocycles. The van der Waals surface area contributed by atoms with Crippen LogP contribution in [0.4, 0.5) is 14.5 Å². The molecule has 1 unspecified atom stereocenters. The molecule has 2 heterocycles. The first-order chi connectivity index (χ1) is 14.1. The van der Waals surface area contributed by atoms with Gasteiger partial charge in [-0.1, -0.05) is 12.1 Å². The SMILES string of the molecule is O=C(Nc1ccc(-n2cncn2)c(F)c1)C1CCCN(Cc2cccc(F)c2)C1. The molecule has 1 saturated heterocycles. The molecule has 1 aliphatic rings. The standard InChI is InChI=1S/C21H21F2N5O/c22-17-5-1-3-15(9-17)11-27-8-2-4-16(12-27)21(29)26-18-6-7-20(19(23)10-18)28-14-24-13-25-28/h1,3,5-7,9-10,13-14,16H,2,4,8,11-12H2,(H,26,29). The predicted octanol–water partition coefficient (Wildman–Crippen LogP) is 3.40. The number of amides is 1. The highest BCUT2D eigenvalue weighted by atomic mass is 19.1. The van der Waals surface area contributed by atoms with Gasteiger partial charge in [-0.25, -0.2) is 18.4 Å². The number of hydrogen-bond acceptors (Lipinski definition) is 4. The third-order valence-electron chi connectivity index (χ3n) is 5.05. The quantitative estimate of drug-likeness (QED) is 0.717. The summed E-state index contributed by atoms with van der Waals surface area (Å²) in [6.45, 7) is 2.05. The van der Waals surface area contributed by atoms with Crippen molar-refractivity contribution in [3.63, 3.8) is 0 Å². The lowest BCUT2D eigenvalue weighted by Gasteiger charge is -2.32. The summed E-state index contributed by atoms with van der Waals surface area (Å²) >= 11 is 0. The van der Waals surface area contributed by atoms with Crippen molar-refractivity contribution < 1.29 is 13.6 Å². The molecule has 6 nitrogen and oxygen atoms in total. The van der Waals surface area contributed by atoms with Gasteiger partial charge in [0.25, 0.3) is 0 Å². The molecule has 1 amide bonds. The second kappa shape index (κ2) is 8.48.